The Hall–Kier alpha value is -2.89. The van der Waals surface area contributed by atoms with Crippen molar-refractivity contribution < 1.29 is 31.4 Å². The fourth-order valence-corrected chi connectivity index (χ4v) is 2.50. The van der Waals surface area contributed by atoms with Crippen molar-refractivity contribution in [2.45, 2.75) is 37.6 Å². The van der Waals surface area contributed by atoms with Crippen molar-refractivity contribution in [3.05, 3.63) is 36.5 Å². The van der Waals surface area contributed by atoms with Gasteiger partial charge in [0.05, 0.1) is 18.0 Å². The molecule has 154 valence electrons. The average molecular weight is 415 g/mol. The van der Waals surface area contributed by atoms with Gasteiger partial charge in [-0.1, -0.05) is 0 Å². The first-order chi connectivity index (χ1) is 13.9. The molecule has 1 aliphatic rings. The van der Waals surface area contributed by atoms with E-state index in [9.17, 15) is 22.0 Å². The maximum absolute atomic E-state index is 14.3. The summed E-state index contributed by atoms with van der Waals surface area (Å²) in [5.41, 5.74) is 0.730. The summed E-state index contributed by atoms with van der Waals surface area (Å²) in [6.07, 6.45) is -4.14. The zero-order chi connectivity index (χ0) is 20.6. The molecule has 1 saturated carbocycles. The summed E-state index contributed by atoms with van der Waals surface area (Å²) in [5, 5.41) is 7.18. The van der Waals surface area contributed by atoms with E-state index in [0.717, 1.165) is 4.40 Å². The van der Waals surface area contributed by atoms with Crippen LogP contribution >= 0.6 is 0 Å². The van der Waals surface area contributed by atoms with Crippen LogP contribution in [0.4, 0.5) is 22.0 Å². The molecular formula is C17H14F5N5O2. The van der Waals surface area contributed by atoms with Crippen LogP contribution < -0.4 is 4.74 Å². The van der Waals surface area contributed by atoms with E-state index < -0.39 is 37.2 Å². The van der Waals surface area contributed by atoms with Crippen LogP contribution in [0, 0.1) is 0 Å². The minimum absolute atomic E-state index is 0.0958. The molecule has 0 amide bonds. The second-order valence-corrected chi connectivity index (χ2v) is 6.39. The van der Waals surface area contributed by atoms with E-state index in [0.29, 0.717) is 18.4 Å². The molecule has 0 saturated heterocycles. The predicted octanol–water partition coefficient (Wildman–Crippen LogP) is 3.40. The standard InChI is InChI=1S/C17H14F5N5O2/c18-5-12(15(19)20)28-14-4-1-9(6-24-14)11-8-27-13(7-23-11)25-26-16(27)17(21,22)29-10-2-3-10/h1,4,6-8,10,12,15H,2-3,5H2. The van der Waals surface area contributed by atoms with Crippen molar-refractivity contribution in [1.82, 2.24) is 24.6 Å². The van der Waals surface area contributed by atoms with Crippen LogP contribution in [-0.4, -0.2) is 49.9 Å². The highest BCUT2D eigenvalue weighted by Crippen LogP contribution is 2.37. The zero-order valence-corrected chi connectivity index (χ0v) is 14.7. The molecule has 3 heterocycles. The Balaban J connectivity index is 1.60. The summed E-state index contributed by atoms with van der Waals surface area (Å²) in [6.45, 7) is -1.37. The molecule has 1 unspecified atom stereocenters. The van der Waals surface area contributed by atoms with Gasteiger partial charge in [-0.05, 0) is 18.9 Å². The van der Waals surface area contributed by atoms with Gasteiger partial charge < -0.3 is 9.47 Å². The lowest BCUT2D eigenvalue weighted by Crippen LogP contribution is -2.27. The fourth-order valence-electron chi connectivity index (χ4n) is 2.50. The number of hydrogen-bond donors (Lipinski definition) is 0. The van der Waals surface area contributed by atoms with Crippen molar-refractivity contribution >= 4 is 5.65 Å². The highest BCUT2D eigenvalue weighted by atomic mass is 19.3. The van der Waals surface area contributed by atoms with Crippen LogP contribution in [0.2, 0.25) is 0 Å². The Kier molecular flexibility index (Phi) is 5.03. The van der Waals surface area contributed by atoms with Crippen LogP contribution in [0.5, 0.6) is 5.88 Å². The number of pyridine rings is 1. The summed E-state index contributed by atoms with van der Waals surface area (Å²) in [7, 11) is 0. The Morgan fingerprint density at radius 1 is 1.14 bits per heavy atom. The van der Waals surface area contributed by atoms with Gasteiger partial charge in [0.25, 0.3) is 6.43 Å². The molecule has 0 bridgehead atoms. The zero-order valence-electron chi connectivity index (χ0n) is 14.7. The first-order valence-corrected chi connectivity index (χ1v) is 8.61. The van der Waals surface area contributed by atoms with Crippen molar-refractivity contribution in [2.24, 2.45) is 0 Å². The summed E-state index contributed by atoms with van der Waals surface area (Å²) >= 11 is 0. The van der Waals surface area contributed by atoms with Gasteiger partial charge in [0, 0.05) is 24.0 Å². The minimum atomic E-state index is -3.62. The van der Waals surface area contributed by atoms with E-state index in [2.05, 4.69) is 20.2 Å². The summed E-state index contributed by atoms with van der Waals surface area (Å²) < 4.78 is 76.9. The highest BCUT2D eigenvalue weighted by molar-refractivity contribution is 5.59. The molecule has 12 heteroatoms. The number of halogens is 5. The van der Waals surface area contributed by atoms with Crippen molar-refractivity contribution in [3.63, 3.8) is 0 Å². The van der Waals surface area contributed by atoms with Crippen molar-refractivity contribution in [3.8, 4) is 17.1 Å². The summed E-state index contributed by atoms with van der Waals surface area (Å²) in [5.74, 6) is -0.884. The van der Waals surface area contributed by atoms with E-state index in [1.807, 2.05) is 0 Å². The SMILES string of the molecule is FCC(Oc1ccc(-c2cn3c(C(F)(F)OC4CC4)nnc3cn2)cn1)C(F)F. The number of rotatable bonds is 8. The van der Waals surface area contributed by atoms with E-state index >= 15 is 0 Å². The highest BCUT2D eigenvalue weighted by Gasteiger charge is 2.44. The third-order valence-corrected chi connectivity index (χ3v) is 4.13. The van der Waals surface area contributed by atoms with Gasteiger partial charge in [0.15, 0.2) is 11.8 Å². The summed E-state index contributed by atoms with van der Waals surface area (Å²) in [6, 6.07) is 2.68. The van der Waals surface area contributed by atoms with Crippen LogP contribution in [-0.2, 0) is 10.8 Å². The largest absolute Gasteiger partial charge is 0.465 e. The topological polar surface area (TPSA) is 74.4 Å². The van der Waals surface area contributed by atoms with Gasteiger partial charge in [-0.15, -0.1) is 10.2 Å². The molecule has 1 fully saturated rings. The van der Waals surface area contributed by atoms with E-state index in [4.69, 9.17) is 9.47 Å². The van der Waals surface area contributed by atoms with Gasteiger partial charge in [-0.3, -0.25) is 9.38 Å². The van der Waals surface area contributed by atoms with Gasteiger partial charge in [0.1, 0.15) is 6.67 Å². The number of alkyl halides is 5. The molecule has 1 atom stereocenters. The Labute approximate surface area is 160 Å². The van der Waals surface area contributed by atoms with Gasteiger partial charge in [-0.2, -0.15) is 8.78 Å². The maximum atomic E-state index is 14.3. The Bertz CT molecular complexity index is 994. The lowest BCUT2D eigenvalue weighted by molar-refractivity contribution is -0.261. The van der Waals surface area contributed by atoms with E-state index in [1.165, 1.54) is 30.7 Å². The molecule has 1 aliphatic carbocycles. The number of hydrogen-bond acceptors (Lipinski definition) is 6. The average Bonchev–Trinajstić information content (AvgIpc) is 3.39. The van der Waals surface area contributed by atoms with E-state index in [-0.39, 0.29) is 17.2 Å². The van der Waals surface area contributed by atoms with Crippen molar-refractivity contribution in [2.75, 3.05) is 6.67 Å². The first-order valence-electron chi connectivity index (χ1n) is 8.61. The molecule has 0 radical (unpaired) electrons. The Morgan fingerprint density at radius 3 is 2.55 bits per heavy atom. The van der Waals surface area contributed by atoms with Crippen LogP contribution in [0.1, 0.15) is 18.7 Å². The van der Waals surface area contributed by atoms with Gasteiger partial charge in [-0.25, -0.2) is 18.2 Å². The molecule has 7 nitrogen and oxygen atoms in total. The monoisotopic (exact) mass is 415 g/mol. The van der Waals surface area contributed by atoms with E-state index in [1.54, 1.807) is 0 Å². The quantitative estimate of drug-likeness (QED) is 0.525. The van der Waals surface area contributed by atoms with Gasteiger partial charge in [0.2, 0.25) is 11.7 Å². The molecule has 0 aliphatic heterocycles. The summed E-state index contributed by atoms with van der Waals surface area (Å²) in [4.78, 5) is 7.95. The molecule has 3 aromatic rings. The number of aromatic nitrogens is 5. The maximum Gasteiger partial charge on any atom is 0.418 e. The molecule has 0 aromatic carbocycles. The normalized spacial score (nSPS) is 15.8. The van der Waals surface area contributed by atoms with Crippen LogP contribution in [0.25, 0.3) is 16.9 Å². The first kappa shape index (κ1) is 19.4. The van der Waals surface area contributed by atoms with Crippen LogP contribution in [0.15, 0.2) is 30.7 Å². The van der Waals surface area contributed by atoms with Gasteiger partial charge >= 0.3 is 6.11 Å². The number of ether oxygens (including phenoxy) is 2. The second-order valence-electron chi connectivity index (χ2n) is 6.39. The predicted molar refractivity (Wildman–Crippen MR) is 88.4 cm³/mol. The molecule has 3 aromatic heterocycles. The second kappa shape index (κ2) is 7.50. The lowest BCUT2D eigenvalue weighted by atomic mass is 10.2. The molecule has 0 spiro atoms. The van der Waals surface area contributed by atoms with Crippen LogP contribution in [0.3, 0.4) is 0 Å². The third kappa shape index (κ3) is 4.11. The number of nitrogens with zero attached hydrogens (tertiary/aromatic N) is 5. The smallest absolute Gasteiger partial charge is 0.418 e. The fraction of sp³-hybridized carbons (Fsp3) is 0.412. The minimum Gasteiger partial charge on any atom is -0.465 e. The molecule has 0 N–H and O–H groups in total. The lowest BCUT2D eigenvalue weighted by Gasteiger charge is -2.15. The van der Waals surface area contributed by atoms with Crippen molar-refractivity contribution in [1.29, 1.82) is 0 Å². The molecule has 29 heavy (non-hydrogen) atoms. The molecular weight excluding hydrogens is 401 g/mol. The number of fused-ring (bicyclic) bond motifs is 1. The molecule has 4 rings (SSSR count). The third-order valence-electron chi connectivity index (χ3n) is 4.13. The Morgan fingerprint density at radius 2 is 1.93 bits per heavy atom.